The van der Waals surface area contributed by atoms with Crippen molar-refractivity contribution in [2.75, 3.05) is 60.6 Å². The molecule has 3 aromatic rings. The number of aryl methyl sites for hydroxylation is 2. The number of piperidine rings is 1. The molecule has 5 heterocycles. The van der Waals surface area contributed by atoms with E-state index in [1.165, 1.54) is 11.1 Å². The standard InChI is InChI=1S/C37H50N6O4/c1-24-30(32(42-16-12-37(6,7)13-17-42)31(25(2)39-24)33(34(44)45)47-36(3,4)5)27-8-9-28-23-43(15-11-26(28)22-27)35-38-14-10-29(40-35)41-18-20-46-21-19-41/h8-10,14,22,33H,11-13,15-21,23H2,1-7H3,(H,44,45). The molecule has 1 unspecified atom stereocenters. The van der Waals surface area contributed by atoms with Gasteiger partial charge >= 0.3 is 5.97 Å². The molecular formula is C37H50N6O4. The van der Waals surface area contributed by atoms with Gasteiger partial charge in [-0.1, -0.05) is 32.0 Å². The molecule has 2 saturated heterocycles. The lowest BCUT2D eigenvalue weighted by Gasteiger charge is -2.41. The number of aliphatic carboxylic acids is 1. The van der Waals surface area contributed by atoms with E-state index in [2.05, 4.69) is 51.7 Å². The fourth-order valence-electron chi connectivity index (χ4n) is 7.09. The summed E-state index contributed by atoms with van der Waals surface area (Å²) in [5.41, 5.74) is 7.41. The minimum absolute atomic E-state index is 0.241. The number of benzene rings is 1. The van der Waals surface area contributed by atoms with Gasteiger partial charge < -0.3 is 29.3 Å². The Kier molecular flexibility index (Phi) is 9.19. The number of aromatic nitrogens is 3. The second-order valence-corrected chi connectivity index (χ2v) is 15.0. The maximum Gasteiger partial charge on any atom is 0.337 e. The highest BCUT2D eigenvalue weighted by atomic mass is 16.5. The number of nitrogens with zero attached hydrogens (tertiary/aromatic N) is 6. The van der Waals surface area contributed by atoms with Crippen LogP contribution in [0.4, 0.5) is 17.5 Å². The molecule has 252 valence electrons. The maximum absolute atomic E-state index is 12.9. The Balaban J connectivity index is 1.37. The molecular weight excluding hydrogens is 592 g/mol. The Morgan fingerprint density at radius 1 is 0.936 bits per heavy atom. The molecule has 0 bridgehead atoms. The molecule has 3 aliphatic rings. The summed E-state index contributed by atoms with van der Waals surface area (Å²) in [6.45, 7) is 20.7. The van der Waals surface area contributed by atoms with E-state index in [-0.39, 0.29) is 5.41 Å². The van der Waals surface area contributed by atoms with Crippen LogP contribution in [0.3, 0.4) is 0 Å². The van der Waals surface area contributed by atoms with Crippen LogP contribution >= 0.6 is 0 Å². The summed E-state index contributed by atoms with van der Waals surface area (Å²) in [5, 5.41) is 10.5. The average Bonchev–Trinajstić information content (AvgIpc) is 3.03. The summed E-state index contributed by atoms with van der Waals surface area (Å²) in [5.74, 6) is 0.700. The Labute approximate surface area is 279 Å². The van der Waals surface area contributed by atoms with Crippen molar-refractivity contribution in [2.45, 2.75) is 86.0 Å². The third-order valence-electron chi connectivity index (χ3n) is 9.72. The molecule has 10 nitrogen and oxygen atoms in total. The Bertz CT molecular complexity index is 1620. The van der Waals surface area contributed by atoms with Crippen LogP contribution in [0.5, 0.6) is 0 Å². The van der Waals surface area contributed by atoms with Crippen molar-refractivity contribution in [3.8, 4) is 11.1 Å². The fraction of sp³-hybridized carbons (Fsp3) is 0.568. The molecule has 0 aliphatic carbocycles. The molecule has 10 heteroatoms. The van der Waals surface area contributed by atoms with Gasteiger partial charge in [-0.2, -0.15) is 4.98 Å². The molecule has 2 aromatic heterocycles. The summed E-state index contributed by atoms with van der Waals surface area (Å²) in [4.78, 5) is 34.3. The second-order valence-electron chi connectivity index (χ2n) is 15.0. The lowest BCUT2D eigenvalue weighted by molar-refractivity contribution is -0.160. The van der Waals surface area contributed by atoms with Crippen molar-refractivity contribution in [3.05, 3.63) is 58.5 Å². The zero-order chi connectivity index (χ0) is 33.5. The SMILES string of the molecule is Cc1nc(C)c(C(OC(C)(C)C)C(=O)O)c(N2CCC(C)(C)CC2)c1-c1ccc2c(c1)CCN(c1nccc(N3CCOCC3)n1)C2. The predicted molar refractivity (Wildman–Crippen MR) is 185 cm³/mol. The average molecular weight is 643 g/mol. The number of morpholine rings is 1. The highest BCUT2D eigenvalue weighted by molar-refractivity contribution is 5.88. The summed E-state index contributed by atoms with van der Waals surface area (Å²) in [6.07, 6.45) is 3.63. The van der Waals surface area contributed by atoms with Crippen molar-refractivity contribution in [3.63, 3.8) is 0 Å². The molecule has 0 spiro atoms. The van der Waals surface area contributed by atoms with Crippen LogP contribution in [0.1, 0.15) is 81.6 Å². The van der Waals surface area contributed by atoms with E-state index in [9.17, 15) is 9.90 Å². The molecule has 1 N–H and O–H groups in total. The van der Waals surface area contributed by atoms with Crippen LogP contribution in [-0.4, -0.2) is 77.6 Å². The van der Waals surface area contributed by atoms with Crippen molar-refractivity contribution in [2.24, 2.45) is 5.41 Å². The van der Waals surface area contributed by atoms with E-state index >= 15 is 0 Å². The van der Waals surface area contributed by atoms with Gasteiger partial charge in [0.2, 0.25) is 5.95 Å². The highest BCUT2D eigenvalue weighted by Gasteiger charge is 2.36. The van der Waals surface area contributed by atoms with Crippen LogP contribution in [0.2, 0.25) is 0 Å². The van der Waals surface area contributed by atoms with Gasteiger partial charge in [0.25, 0.3) is 0 Å². The molecule has 1 atom stereocenters. The van der Waals surface area contributed by atoms with E-state index in [0.29, 0.717) is 24.5 Å². The van der Waals surface area contributed by atoms with Gasteiger partial charge in [-0.25, -0.2) is 9.78 Å². The summed E-state index contributed by atoms with van der Waals surface area (Å²) < 4.78 is 11.8. The molecule has 6 rings (SSSR count). The molecule has 0 saturated carbocycles. The third-order valence-corrected chi connectivity index (χ3v) is 9.72. The molecule has 0 amide bonds. The zero-order valence-electron chi connectivity index (χ0n) is 29.1. The lowest BCUT2D eigenvalue weighted by Crippen LogP contribution is -2.39. The zero-order valence-corrected chi connectivity index (χ0v) is 29.1. The first-order valence-electron chi connectivity index (χ1n) is 17.0. The van der Waals surface area contributed by atoms with Gasteiger partial charge in [0.1, 0.15) is 5.82 Å². The van der Waals surface area contributed by atoms with Crippen LogP contribution in [-0.2, 0) is 27.2 Å². The maximum atomic E-state index is 12.9. The number of anilines is 3. The van der Waals surface area contributed by atoms with Crippen LogP contribution in [0.25, 0.3) is 11.1 Å². The number of fused-ring (bicyclic) bond motifs is 1. The number of pyridine rings is 1. The first kappa shape index (κ1) is 33.2. The monoisotopic (exact) mass is 642 g/mol. The number of hydrogen-bond donors (Lipinski definition) is 1. The van der Waals surface area contributed by atoms with E-state index in [1.54, 1.807) is 0 Å². The van der Waals surface area contributed by atoms with Crippen molar-refractivity contribution in [1.29, 1.82) is 0 Å². The fourth-order valence-corrected chi connectivity index (χ4v) is 7.09. The summed E-state index contributed by atoms with van der Waals surface area (Å²) in [6, 6.07) is 8.66. The van der Waals surface area contributed by atoms with E-state index in [1.807, 2.05) is 46.9 Å². The van der Waals surface area contributed by atoms with Crippen molar-refractivity contribution >= 4 is 23.4 Å². The molecule has 0 radical (unpaired) electrons. The smallest absolute Gasteiger partial charge is 0.337 e. The van der Waals surface area contributed by atoms with Crippen molar-refractivity contribution in [1.82, 2.24) is 15.0 Å². The number of carboxylic acids is 1. The number of carboxylic acid groups (broad SMARTS) is 1. The molecule has 47 heavy (non-hydrogen) atoms. The Morgan fingerprint density at radius 3 is 2.34 bits per heavy atom. The van der Waals surface area contributed by atoms with Crippen LogP contribution < -0.4 is 14.7 Å². The van der Waals surface area contributed by atoms with Gasteiger partial charge in [-0.3, -0.25) is 4.98 Å². The van der Waals surface area contributed by atoms with Crippen molar-refractivity contribution < 1.29 is 19.4 Å². The Hall–Kier alpha value is -3.76. The quantitative estimate of drug-likeness (QED) is 0.324. The summed E-state index contributed by atoms with van der Waals surface area (Å²) >= 11 is 0. The molecule has 1 aromatic carbocycles. The van der Waals surface area contributed by atoms with E-state index in [4.69, 9.17) is 19.4 Å². The van der Waals surface area contributed by atoms with E-state index < -0.39 is 17.7 Å². The van der Waals surface area contributed by atoms with Gasteiger partial charge in [0.15, 0.2) is 6.10 Å². The lowest BCUT2D eigenvalue weighted by atomic mass is 9.81. The number of hydrogen-bond acceptors (Lipinski definition) is 9. The van der Waals surface area contributed by atoms with E-state index in [0.717, 1.165) is 92.8 Å². The van der Waals surface area contributed by atoms with Crippen LogP contribution in [0, 0.1) is 19.3 Å². The van der Waals surface area contributed by atoms with Gasteiger partial charge in [-0.15, -0.1) is 0 Å². The second kappa shape index (κ2) is 13.0. The minimum atomic E-state index is -1.13. The number of ether oxygens (including phenoxy) is 2. The van der Waals surface area contributed by atoms with Gasteiger partial charge in [-0.05, 0) is 82.1 Å². The van der Waals surface area contributed by atoms with Gasteiger partial charge in [0.05, 0.1) is 24.5 Å². The number of carbonyl (C=O) groups is 1. The topological polar surface area (TPSA) is 104 Å². The first-order valence-corrected chi connectivity index (χ1v) is 17.0. The van der Waals surface area contributed by atoms with Crippen LogP contribution in [0.15, 0.2) is 30.5 Å². The minimum Gasteiger partial charge on any atom is -0.479 e. The number of rotatable bonds is 7. The predicted octanol–water partition coefficient (Wildman–Crippen LogP) is 6.12. The Morgan fingerprint density at radius 2 is 1.66 bits per heavy atom. The summed E-state index contributed by atoms with van der Waals surface area (Å²) in [7, 11) is 0. The third kappa shape index (κ3) is 7.23. The highest BCUT2D eigenvalue weighted by Crippen LogP contribution is 2.45. The first-order chi connectivity index (χ1) is 22.3. The largest absolute Gasteiger partial charge is 0.479 e. The normalized spacial score (nSPS) is 19.0. The molecule has 2 fully saturated rings. The van der Waals surface area contributed by atoms with Gasteiger partial charge in [0, 0.05) is 68.0 Å². The molecule has 3 aliphatic heterocycles.